The molecule has 28 heavy (non-hydrogen) atoms. The lowest BCUT2D eigenvalue weighted by Gasteiger charge is -2.18. The van der Waals surface area contributed by atoms with Crippen molar-refractivity contribution in [1.29, 1.82) is 0 Å². The fourth-order valence-corrected chi connectivity index (χ4v) is 4.36. The number of hydrogen-bond acceptors (Lipinski definition) is 6. The number of aliphatic hydroxyl groups excluding tert-OH is 1. The Labute approximate surface area is 171 Å². The van der Waals surface area contributed by atoms with Crippen molar-refractivity contribution in [2.24, 2.45) is 0 Å². The van der Waals surface area contributed by atoms with Crippen LogP contribution in [0.15, 0.2) is 52.7 Å². The molecule has 1 aromatic heterocycles. The number of carbonyl (C=O) groups excluding carboxylic acids is 3. The van der Waals surface area contributed by atoms with Crippen molar-refractivity contribution in [3.63, 3.8) is 0 Å². The second kappa shape index (κ2) is 9.68. The average molecular weight is 417 g/mol. The van der Waals surface area contributed by atoms with E-state index in [9.17, 15) is 19.5 Å². The van der Waals surface area contributed by atoms with Crippen LogP contribution in [0.5, 0.6) is 0 Å². The standard InChI is InChI=1S/C20H20N2O4S2/c23-13-15(11-14-5-2-1-3-6-14)21-18(24)8-9-22-19(25)17(28-20(22)26)12-16-7-4-10-27-16/h1-7,10,12,15,23H,8-9,11,13H2,(H,21,24)/b17-12-/t15-/m1/s1. The summed E-state index contributed by atoms with van der Waals surface area (Å²) in [5, 5.41) is 13.8. The van der Waals surface area contributed by atoms with E-state index in [0.717, 1.165) is 27.1 Å². The molecule has 1 saturated heterocycles. The smallest absolute Gasteiger partial charge is 0.293 e. The lowest BCUT2D eigenvalue weighted by molar-refractivity contribution is -0.124. The maximum absolute atomic E-state index is 12.4. The Hall–Kier alpha value is -2.42. The number of thioether (sulfide) groups is 1. The first kappa shape index (κ1) is 20.3. The Morgan fingerprint density at radius 1 is 1.18 bits per heavy atom. The largest absolute Gasteiger partial charge is 0.394 e. The van der Waals surface area contributed by atoms with Gasteiger partial charge in [-0.1, -0.05) is 36.4 Å². The third-order valence-corrected chi connectivity index (χ3v) is 5.89. The second-order valence-electron chi connectivity index (χ2n) is 6.24. The zero-order chi connectivity index (χ0) is 19.9. The van der Waals surface area contributed by atoms with E-state index in [1.807, 2.05) is 47.8 Å². The highest BCUT2D eigenvalue weighted by Crippen LogP contribution is 2.32. The van der Waals surface area contributed by atoms with E-state index in [0.29, 0.717) is 11.3 Å². The molecule has 0 radical (unpaired) electrons. The molecule has 3 amide bonds. The summed E-state index contributed by atoms with van der Waals surface area (Å²) in [6.07, 6.45) is 2.20. The maximum atomic E-state index is 12.4. The number of hydrogen-bond donors (Lipinski definition) is 2. The van der Waals surface area contributed by atoms with E-state index in [4.69, 9.17) is 0 Å². The third-order valence-electron chi connectivity index (χ3n) is 4.16. The summed E-state index contributed by atoms with van der Waals surface area (Å²) in [7, 11) is 0. The lowest BCUT2D eigenvalue weighted by Crippen LogP contribution is -2.41. The van der Waals surface area contributed by atoms with Gasteiger partial charge in [-0.2, -0.15) is 0 Å². The van der Waals surface area contributed by atoms with E-state index in [1.54, 1.807) is 6.08 Å². The van der Waals surface area contributed by atoms with E-state index in [-0.39, 0.29) is 36.6 Å². The van der Waals surface area contributed by atoms with Gasteiger partial charge in [0.2, 0.25) is 5.91 Å². The fraction of sp³-hybridized carbons (Fsp3) is 0.250. The third kappa shape index (κ3) is 5.31. The molecule has 0 bridgehead atoms. The molecular formula is C20H20N2O4S2. The highest BCUT2D eigenvalue weighted by molar-refractivity contribution is 8.18. The van der Waals surface area contributed by atoms with Gasteiger partial charge in [0.25, 0.3) is 11.1 Å². The maximum Gasteiger partial charge on any atom is 0.293 e. The van der Waals surface area contributed by atoms with E-state index >= 15 is 0 Å². The van der Waals surface area contributed by atoms with Gasteiger partial charge in [0.05, 0.1) is 17.6 Å². The van der Waals surface area contributed by atoms with Crippen molar-refractivity contribution in [2.45, 2.75) is 18.9 Å². The van der Waals surface area contributed by atoms with E-state index in [1.165, 1.54) is 11.3 Å². The second-order valence-corrected chi connectivity index (χ2v) is 8.21. The van der Waals surface area contributed by atoms with Crippen molar-refractivity contribution >= 4 is 46.2 Å². The highest BCUT2D eigenvalue weighted by Gasteiger charge is 2.35. The molecule has 1 aromatic carbocycles. The molecule has 3 rings (SSSR count). The van der Waals surface area contributed by atoms with Crippen molar-refractivity contribution in [2.75, 3.05) is 13.2 Å². The Bertz CT molecular complexity index is 866. The van der Waals surface area contributed by atoms with Gasteiger partial charge in [-0.3, -0.25) is 19.3 Å². The molecule has 2 aromatic rings. The number of benzene rings is 1. The molecular weight excluding hydrogens is 396 g/mol. The van der Waals surface area contributed by atoms with Crippen LogP contribution in [-0.4, -0.2) is 46.3 Å². The molecule has 0 saturated carbocycles. The van der Waals surface area contributed by atoms with Crippen molar-refractivity contribution in [3.05, 3.63) is 63.2 Å². The molecule has 0 spiro atoms. The molecule has 1 aliphatic rings. The highest BCUT2D eigenvalue weighted by atomic mass is 32.2. The van der Waals surface area contributed by atoms with Gasteiger partial charge in [0.15, 0.2) is 0 Å². The SMILES string of the molecule is O=C(CCN1C(=O)S/C(=C\c2cccs2)C1=O)N[C@@H](CO)Cc1ccccc1. The number of imide groups is 1. The Balaban J connectivity index is 1.52. The quantitative estimate of drug-likeness (QED) is 0.646. The predicted octanol–water partition coefficient (Wildman–Crippen LogP) is 2.89. The number of amides is 3. The van der Waals surface area contributed by atoms with Gasteiger partial charge in [-0.05, 0) is 41.3 Å². The minimum atomic E-state index is -0.413. The van der Waals surface area contributed by atoms with Gasteiger partial charge in [0.1, 0.15) is 0 Å². The van der Waals surface area contributed by atoms with Crippen LogP contribution in [0.25, 0.3) is 6.08 Å². The molecule has 1 aliphatic heterocycles. The topological polar surface area (TPSA) is 86.7 Å². The molecule has 2 N–H and O–H groups in total. The van der Waals surface area contributed by atoms with Gasteiger partial charge >= 0.3 is 0 Å². The number of thiophene rings is 1. The normalized spacial score (nSPS) is 16.6. The van der Waals surface area contributed by atoms with Crippen LogP contribution in [0, 0.1) is 0 Å². The van der Waals surface area contributed by atoms with Gasteiger partial charge in [0, 0.05) is 17.8 Å². The number of carbonyl (C=O) groups is 3. The van der Waals surface area contributed by atoms with Crippen molar-refractivity contribution < 1.29 is 19.5 Å². The molecule has 8 heteroatoms. The van der Waals surface area contributed by atoms with Crippen LogP contribution in [0.4, 0.5) is 4.79 Å². The first-order valence-corrected chi connectivity index (χ1v) is 10.5. The van der Waals surface area contributed by atoms with E-state index in [2.05, 4.69) is 5.32 Å². The summed E-state index contributed by atoms with van der Waals surface area (Å²) in [6.45, 7) is -0.173. The number of nitrogens with zero attached hydrogens (tertiary/aromatic N) is 1. The summed E-state index contributed by atoms with van der Waals surface area (Å²) >= 11 is 2.37. The average Bonchev–Trinajstić information content (AvgIpc) is 3.29. The fourth-order valence-electron chi connectivity index (χ4n) is 2.77. The summed E-state index contributed by atoms with van der Waals surface area (Å²) < 4.78 is 0. The van der Waals surface area contributed by atoms with Gasteiger partial charge in [-0.15, -0.1) is 11.3 Å². The lowest BCUT2D eigenvalue weighted by atomic mass is 10.1. The molecule has 1 fully saturated rings. The number of aliphatic hydroxyl groups is 1. The summed E-state index contributed by atoms with van der Waals surface area (Å²) in [5.41, 5.74) is 1.01. The van der Waals surface area contributed by atoms with Crippen LogP contribution in [0.1, 0.15) is 16.9 Å². The zero-order valence-electron chi connectivity index (χ0n) is 15.0. The number of rotatable bonds is 8. The van der Waals surface area contributed by atoms with Crippen molar-refractivity contribution in [3.8, 4) is 0 Å². The number of nitrogens with one attached hydrogen (secondary N) is 1. The molecule has 1 atom stereocenters. The molecule has 0 aliphatic carbocycles. The molecule has 2 heterocycles. The van der Waals surface area contributed by atoms with Crippen LogP contribution < -0.4 is 5.32 Å². The van der Waals surface area contributed by atoms with E-state index < -0.39 is 6.04 Å². The summed E-state index contributed by atoms with van der Waals surface area (Å²) in [4.78, 5) is 39.1. The summed E-state index contributed by atoms with van der Waals surface area (Å²) in [5.74, 6) is -0.685. The van der Waals surface area contributed by atoms with Crippen LogP contribution in [-0.2, 0) is 16.0 Å². The van der Waals surface area contributed by atoms with Crippen molar-refractivity contribution in [1.82, 2.24) is 10.2 Å². The Kier molecular flexibility index (Phi) is 7.02. The molecule has 146 valence electrons. The minimum absolute atomic E-state index is 0.00435. The van der Waals surface area contributed by atoms with Crippen LogP contribution >= 0.6 is 23.1 Å². The Morgan fingerprint density at radius 2 is 1.96 bits per heavy atom. The first-order chi connectivity index (χ1) is 13.6. The van der Waals surface area contributed by atoms with Crippen LogP contribution in [0.2, 0.25) is 0 Å². The van der Waals surface area contributed by atoms with Gasteiger partial charge in [-0.25, -0.2) is 0 Å². The van der Waals surface area contributed by atoms with Crippen LogP contribution in [0.3, 0.4) is 0 Å². The predicted molar refractivity (Wildman–Crippen MR) is 111 cm³/mol. The minimum Gasteiger partial charge on any atom is -0.394 e. The Morgan fingerprint density at radius 3 is 2.64 bits per heavy atom. The molecule has 0 unspecified atom stereocenters. The first-order valence-electron chi connectivity index (χ1n) is 8.80. The van der Waals surface area contributed by atoms with Gasteiger partial charge < -0.3 is 10.4 Å². The molecule has 6 nitrogen and oxygen atoms in total. The monoisotopic (exact) mass is 416 g/mol. The zero-order valence-corrected chi connectivity index (χ0v) is 16.7. The summed E-state index contributed by atoms with van der Waals surface area (Å²) in [6, 6.07) is 12.9.